The summed E-state index contributed by atoms with van der Waals surface area (Å²) >= 11 is 5.92. The molecule has 0 fully saturated rings. The van der Waals surface area contributed by atoms with Crippen molar-refractivity contribution in [1.29, 1.82) is 0 Å². The molecule has 0 aliphatic heterocycles. The van der Waals surface area contributed by atoms with Crippen molar-refractivity contribution >= 4 is 28.9 Å². The van der Waals surface area contributed by atoms with Gasteiger partial charge in [-0.3, -0.25) is 4.98 Å². The first-order valence-corrected chi connectivity index (χ1v) is 5.25. The van der Waals surface area contributed by atoms with E-state index in [9.17, 15) is 0 Å². The highest BCUT2D eigenvalue weighted by Gasteiger charge is 2.03. The van der Waals surface area contributed by atoms with Crippen LogP contribution in [0.2, 0.25) is 5.02 Å². The Hall–Kier alpha value is -2.01. The number of nitrogens with zero attached hydrogens (tertiary/aromatic N) is 2. The molecule has 0 spiro atoms. The SMILES string of the molecule is COc1cc(Nc2cncc(N)n2)ccc1Cl. The number of rotatable bonds is 3. The molecule has 6 heteroatoms. The van der Waals surface area contributed by atoms with Crippen LogP contribution < -0.4 is 15.8 Å². The van der Waals surface area contributed by atoms with Gasteiger partial charge in [0.15, 0.2) is 5.82 Å². The monoisotopic (exact) mass is 250 g/mol. The summed E-state index contributed by atoms with van der Waals surface area (Å²) in [6.45, 7) is 0. The third kappa shape index (κ3) is 2.76. The molecule has 0 radical (unpaired) electrons. The summed E-state index contributed by atoms with van der Waals surface area (Å²) in [5.41, 5.74) is 6.33. The van der Waals surface area contributed by atoms with Crippen LogP contribution >= 0.6 is 11.6 Å². The number of halogens is 1. The van der Waals surface area contributed by atoms with E-state index in [4.69, 9.17) is 22.1 Å². The second kappa shape index (κ2) is 4.88. The number of methoxy groups -OCH3 is 1. The van der Waals surface area contributed by atoms with Crippen LogP contribution in [-0.2, 0) is 0 Å². The molecule has 0 saturated carbocycles. The zero-order valence-electron chi connectivity index (χ0n) is 9.14. The largest absolute Gasteiger partial charge is 0.495 e. The normalized spacial score (nSPS) is 10.0. The van der Waals surface area contributed by atoms with Gasteiger partial charge >= 0.3 is 0 Å². The second-order valence-corrected chi connectivity index (χ2v) is 3.71. The quantitative estimate of drug-likeness (QED) is 0.875. The number of hydrogen-bond donors (Lipinski definition) is 2. The summed E-state index contributed by atoms with van der Waals surface area (Å²) in [5.74, 6) is 1.51. The van der Waals surface area contributed by atoms with Gasteiger partial charge in [0.2, 0.25) is 0 Å². The van der Waals surface area contributed by atoms with E-state index in [0.717, 1.165) is 5.69 Å². The molecule has 0 amide bonds. The number of aromatic nitrogens is 2. The number of ether oxygens (including phenoxy) is 1. The fraction of sp³-hybridized carbons (Fsp3) is 0.0909. The lowest BCUT2D eigenvalue weighted by Gasteiger charge is -2.08. The van der Waals surface area contributed by atoms with Crippen LogP contribution in [-0.4, -0.2) is 17.1 Å². The third-order valence-corrected chi connectivity index (χ3v) is 2.39. The van der Waals surface area contributed by atoms with E-state index in [1.54, 1.807) is 25.4 Å². The molecular formula is C11H11ClN4O. The third-order valence-electron chi connectivity index (χ3n) is 2.08. The Bertz CT molecular complexity index is 533. The van der Waals surface area contributed by atoms with Crippen LogP contribution in [0.3, 0.4) is 0 Å². The molecule has 0 unspecified atom stereocenters. The summed E-state index contributed by atoms with van der Waals surface area (Å²) in [6.07, 6.45) is 3.06. The Kier molecular flexibility index (Phi) is 3.30. The lowest BCUT2D eigenvalue weighted by molar-refractivity contribution is 0.415. The number of nitrogens with two attached hydrogens (primary N) is 1. The molecule has 0 aliphatic carbocycles. The van der Waals surface area contributed by atoms with Crippen LogP contribution in [0.25, 0.3) is 0 Å². The highest BCUT2D eigenvalue weighted by atomic mass is 35.5. The summed E-state index contributed by atoms with van der Waals surface area (Å²) < 4.78 is 5.11. The molecule has 3 N–H and O–H groups in total. The number of benzene rings is 1. The molecule has 0 atom stereocenters. The minimum absolute atomic E-state index is 0.357. The van der Waals surface area contributed by atoms with E-state index >= 15 is 0 Å². The van der Waals surface area contributed by atoms with Gasteiger partial charge in [0.25, 0.3) is 0 Å². The molecule has 0 saturated heterocycles. The van der Waals surface area contributed by atoms with Gasteiger partial charge in [-0.25, -0.2) is 4.98 Å². The highest BCUT2D eigenvalue weighted by molar-refractivity contribution is 6.32. The van der Waals surface area contributed by atoms with Crippen LogP contribution in [0.1, 0.15) is 0 Å². The minimum Gasteiger partial charge on any atom is -0.495 e. The molecule has 2 rings (SSSR count). The fourth-order valence-electron chi connectivity index (χ4n) is 1.33. The molecule has 1 heterocycles. The van der Waals surface area contributed by atoms with Crippen LogP contribution in [0, 0.1) is 0 Å². The number of anilines is 3. The van der Waals surface area contributed by atoms with Crippen molar-refractivity contribution in [2.75, 3.05) is 18.2 Å². The van der Waals surface area contributed by atoms with Gasteiger partial charge in [-0.05, 0) is 12.1 Å². The first-order chi connectivity index (χ1) is 8.19. The summed E-state index contributed by atoms with van der Waals surface area (Å²) in [6, 6.07) is 5.32. The number of hydrogen-bond acceptors (Lipinski definition) is 5. The number of nitrogens with one attached hydrogen (secondary N) is 1. The van der Waals surface area contributed by atoms with E-state index in [2.05, 4.69) is 15.3 Å². The van der Waals surface area contributed by atoms with Gasteiger partial charge < -0.3 is 15.8 Å². The topological polar surface area (TPSA) is 73.1 Å². The average Bonchev–Trinajstić information content (AvgIpc) is 2.32. The zero-order chi connectivity index (χ0) is 12.3. The Morgan fingerprint density at radius 1 is 1.35 bits per heavy atom. The summed E-state index contributed by atoms with van der Waals surface area (Å²) in [5, 5.41) is 3.61. The standard InChI is InChI=1S/C11H11ClN4O/c1-17-9-4-7(2-3-8(9)12)15-11-6-14-5-10(13)16-11/h2-6H,1H3,(H3,13,15,16). The zero-order valence-corrected chi connectivity index (χ0v) is 9.90. The van der Waals surface area contributed by atoms with Crippen molar-refractivity contribution in [2.45, 2.75) is 0 Å². The molecule has 0 bridgehead atoms. The van der Waals surface area contributed by atoms with Gasteiger partial charge in [0, 0.05) is 11.8 Å². The molecule has 0 aliphatic rings. The maximum Gasteiger partial charge on any atom is 0.151 e. The van der Waals surface area contributed by atoms with Gasteiger partial charge in [-0.1, -0.05) is 11.6 Å². The first-order valence-electron chi connectivity index (χ1n) is 4.87. The van der Waals surface area contributed by atoms with Crippen molar-refractivity contribution in [2.24, 2.45) is 0 Å². The van der Waals surface area contributed by atoms with Crippen molar-refractivity contribution in [3.63, 3.8) is 0 Å². The van der Waals surface area contributed by atoms with E-state index in [1.807, 2.05) is 6.07 Å². The van der Waals surface area contributed by atoms with Crippen LogP contribution in [0.15, 0.2) is 30.6 Å². The van der Waals surface area contributed by atoms with Crippen molar-refractivity contribution in [3.05, 3.63) is 35.6 Å². The first kappa shape index (κ1) is 11.5. The lowest BCUT2D eigenvalue weighted by atomic mass is 10.3. The molecule has 5 nitrogen and oxygen atoms in total. The van der Waals surface area contributed by atoms with E-state index in [0.29, 0.717) is 22.4 Å². The summed E-state index contributed by atoms with van der Waals surface area (Å²) in [7, 11) is 1.56. The lowest BCUT2D eigenvalue weighted by Crippen LogP contribution is -1.98. The molecule has 88 valence electrons. The second-order valence-electron chi connectivity index (χ2n) is 3.30. The maximum absolute atomic E-state index is 5.92. The Morgan fingerprint density at radius 2 is 2.18 bits per heavy atom. The van der Waals surface area contributed by atoms with Gasteiger partial charge in [0.05, 0.1) is 24.5 Å². The van der Waals surface area contributed by atoms with Crippen molar-refractivity contribution < 1.29 is 4.74 Å². The molecule has 1 aromatic heterocycles. The molecular weight excluding hydrogens is 240 g/mol. The Morgan fingerprint density at radius 3 is 2.88 bits per heavy atom. The van der Waals surface area contributed by atoms with Gasteiger partial charge in [0.1, 0.15) is 11.6 Å². The number of nitrogen functional groups attached to an aromatic ring is 1. The van der Waals surface area contributed by atoms with Gasteiger partial charge in [-0.15, -0.1) is 0 Å². The van der Waals surface area contributed by atoms with Crippen LogP contribution in [0.4, 0.5) is 17.3 Å². The van der Waals surface area contributed by atoms with Crippen LogP contribution in [0.5, 0.6) is 5.75 Å². The molecule has 1 aromatic carbocycles. The molecule has 17 heavy (non-hydrogen) atoms. The highest BCUT2D eigenvalue weighted by Crippen LogP contribution is 2.28. The van der Waals surface area contributed by atoms with Gasteiger partial charge in [-0.2, -0.15) is 0 Å². The maximum atomic E-state index is 5.92. The van der Waals surface area contributed by atoms with E-state index < -0.39 is 0 Å². The fourth-order valence-corrected chi connectivity index (χ4v) is 1.52. The smallest absolute Gasteiger partial charge is 0.151 e. The average molecular weight is 251 g/mol. The Balaban J connectivity index is 2.24. The Labute approximate surface area is 104 Å². The summed E-state index contributed by atoms with van der Waals surface area (Å²) in [4.78, 5) is 8.01. The predicted molar refractivity (Wildman–Crippen MR) is 67.7 cm³/mol. The van der Waals surface area contributed by atoms with Crippen molar-refractivity contribution in [3.8, 4) is 5.75 Å². The van der Waals surface area contributed by atoms with E-state index in [-0.39, 0.29) is 0 Å². The van der Waals surface area contributed by atoms with Crippen molar-refractivity contribution in [1.82, 2.24) is 9.97 Å². The molecule has 2 aromatic rings. The minimum atomic E-state index is 0.357. The van der Waals surface area contributed by atoms with E-state index in [1.165, 1.54) is 6.20 Å². The predicted octanol–water partition coefficient (Wildman–Crippen LogP) is 2.46.